The summed E-state index contributed by atoms with van der Waals surface area (Å²) in [6.07, 6.45) is 20.3. The number of aromatic nitrogens is 12. The summed E-state index contributed by atoms with van der Waals surface area (Å²) in [4.78, 5) is 57.5. The van der Waals surface area contributed by atoms with Gasteiger partial charge in [-0.2, -0.15) is 0 Å². The van der Waals surface area contributed by atoms with E-state index in [-0.39, 0.29) is 0 Å². The summed E-state index contributed by atoms with van der Waals surface area (Å²) in [6.45, 7) is 0. The number of hydrogen-bond donors (Lipinski definition) is 0. The predicted molar refractivity (Wildman–Crippen MR) is 568 cm³/mol. The van der Waals surface area contributed by atoms with Gasteiger partial charge in [-0.15, -0.1) is 0 Å². The molecule has 0 N–H and O–H groups in total. The summed E-state index contributed by atoms with van der Waals surface area (Å²) in [5.41, 5.74) is 31.2. The third-order valence-electron chi connectivity index (χ3n) is 26.4. The van der Waals surface area contributed by atoms with Crippen molar-refractivity contribution in [3.05, 3.63) is 475 Å². The molecule has 12 aromatic heterocycles. The Bertz CT molecular complexity index is 8370. The van der Waals surface area contributed by atoms with Gasteiger partial charge in [0, 0.05) is 188 Å². The summed E-state index contributed by atoms with van der Waals surface area (Å²) in [5, 5.41) is 20.8. The fourth-order valence-corrected chi connectivity index (χ4v) is 20.1. The van der Waals surface area contributed by atoms with Crippen LogP contribution >= 0.6 is 0 Å². The molecule has 27 aromatic rings. The molecule has 0 bridgehead atoms. The first-order valence-corrected chi connectivity index (χ1v) is 46.1. The zero-order chi connectivity index (χ0) is 91.4. The molecule has 0 aliphatic rings. The van der Waals surface area contributed by atoms with E-state index >= 15 is 0 Å². The second-order valence-corrected chi connectivity index (χ2v) is 34.5. The summed E-state index contributed by atoms with van der Waals surface area (Å²) in [5.74, 6) is 0. The van der Waals surface area contributed by atoms with Gasteiger partial charge in [-0.1, -0.05) is 243 Å². The van der Waals surface area contributed by atoms with Gasteiger partial charge in [-0.3, -0.25) is 44.9 Å². The van der Waals surface area contributed by atoms with Crippen molar-refractivity contribution >= 4 is 130 Å². The third-order valence-corrected chi connectivity index (χ3v) is 26.4. The highest BCUT2D eigenvalue weighted by molar-refractivity contribution is 6.36. The number of para-hydroxylation sites is 3. The Morgan fingerprint density at radius 1 is 0.123 bits per heavy atom. The molecular formula is C126H78N12. The van der Waals surface area contributed by atoms with E-state index in [2.05, 4.69) is 345 Å². The zero-order valence-electron chi connectivity index (χ0n) is 74.4. The molecule has 0 unspecified atom stereocenters. The molecule has 642 valence electrons. The molecule has 15 aromatic carbocycles. The SMILES string of the molecule is c1ccc(-c2cc(-c3ccc(-c4nc5ccccc5c5c6ccccc6c6ncccc6c45)cc3)cc(-c3ccccn3)c2)nc1.c1ccc(-c2cc(-c3ccc(-c4nc5ccccc5c5c6cccnc6c6ccccc6c45)cc3)cc(-c3ccccn3)c2)nc1.c1ccc2c(c1)nc(-c1ccc(-c3cc(-c4ccncc4)cc(-c4ccncc4)c3)cc1)c1c3ccccc3c3ncccc3c21. The minimum atomic E-state index is 0.928. The van der Waals surface area contributed by atoms with E-state index < -0.39 is 0 Å². The first kappa shape index (κ1) is 81.2. The Labute approximate surface area is 793 Å². The first-order chi connectivity index (χ1) is 68.4. The molecule has 0 fully saturated rings. The number of hydrogen-bond acceptors (Lipinski definition) is 12. The van der Waals surface area contributed by atoms with Crippen molar-refractivity contribution < 1.29 is 0 Å². The average molecular weight is 1760 g/mol. The van der Waals surface area contributed by atoms with Crippen LogP contribution in [0.5, 0.6) is 0 Å². The van der Waals surface area contributed by atoms with Crippen molar-refractivity contribution in [2.45, 2.75) is 0 Å². The van der Waals surface area contributed by atoms with Crippen molar-refractivity contribution in [1.82, 2.24) is 59.8 Å². The van der Waals surface area contributed by atoms with Gasteiger partial charge in [0.25, 0.3) is 0 Å². The maximum atomic E-state index is 5.31. The molecule has 138 heavy (non-hydrogen) atoms. The van der Waals surface area contributed by atoms with Crippen LogP contribution in [0.25, 0.3) is 264 Å². The van der Waals surface area contributed by atoms with E-state index in [4.69, 9.17) is 29.9 Å². The van der Waals surface area contributed by atoms with Gasteiger partial charge in [0.2, 0.25) is 0 Å². The summed E-state index contributed by atoms with van der Waals surface area (Å²) < 4.78 is 0. The van der Waals surface area contributed by atoms with Gasteiger partial charge < -0.3 is 0 Å². The summed E-state index contributed by atoms with van der Waals surface area (Å²) >= 11 is 0. The Hall–Kier alpha value is -18.8. The van der Waals surface area contributed by atoms with E-state index in [0.717, 1.165) is 243 Å². The molecule has 0 radical (unpaired) electrons. The smallest absolute Gasteiger partial charge is 0.0795 e. The molecule has 0 atom stereocenters. The van der Waals surface area contributed by atoms with Crippen LogP contribution in [0.15, 0.2) is 475 Å². The number of rotatable bonds is 12. The van der Waals surface area contributed by atoms with Crippen LogP contribution in [0.2, 0.25) is 0 Å². The highest BCUT2D eigenvalue weighted by Gasteiger charge is 2.24. The van der Waals surface area contributed by atoms with Gasteiger partial charge in [0.1, 0.15) is 0 Å². The third kappa shape index (κ3) is 14.9. The van der Waals surface area contributed by atoms with Crippen LogP contribution in [0, 0.1) is 0 Å². The second kappa shape index (κ2) is 35.1. The minimum Gasteiger partial charge on any atom is -0.265 e. The highest BCUT2D eigenvalue weighted by Crippen LogP contribution is 2.48. The van der Waals surface area contributed by atoms with E-state index in [9.17, 15) is 0 Å². The Kier molecular flexibility index (Phi) is 20.6. The summed E-state index contributed by atoms with van der Waals surface area (Å²) in [6, 6.07) is 142. The van der Waals surface area contributed by atoms with Crippen LogP contribution in [0.4, 0.5) is 0 Å². The van der Waals surface area contributed by atoms with Crippen LogP contribution in [-0.2, 0) is 0 Å². The lowest BCUT2D eigenvalue weighted by molar-refractivity contribution is 1.31. The van der Waals surface area contributed by atoms with Crippen LogP contribution in [0.3, 0.4) is 0 Å². The molecular weight excluding hydrogens is 1680 g/mol. The molecule has 0 amide bonds. The lowest BCUT2D eigenvalue weighted by Crippen LogP contribution is -1.94. The Balaban J connectivity index is 0.000000110. The number of nitrogens with zero attached hydrogens (tertiary/aromatic N) is 12. The monoisotopic (exact) mass is 1760 g/mol. The van der Waals surface area contributed by atoms with Crippen molar-refractivity contribution in [3.63, 3.8) is 0 Å². The number of benzene rings is 15. The zero-order valence-corrected chi connectivity index (χ0v) is 74.4. The maximum absolute atomic E-state index is 5.31. The van der Waals surface area contributed by atoms with Gasteiger partial charge >= 0.3 is 0 Å². The second-order valence-electron chi connectivity index (χ2n) is 34.5. The number of pyridine rings is 12. The van der Waals surface area contributed by atoms with E-state index in [1.807, 2.05) is 159 Å². The average Bonchev–Trinajstić information content (AvgIpc) is 0.723. The van der Waals surface area contributed by atoms with E-state index in [1.165, 1.54) is 21.5 Å². The fraction of sp³-hybridized carbons (Fsp3) is 0. The van der Waals surface area contributed by atoms with Crippen molar-refractivity contribution in [1.29, 1.82) is 0 Å². The van der Waals surface area contributed by atoms with Crippen molar-refractivity contribution in [2.75, 3.05) is 0 Å². The molecule has 12 heteroatoms. The van der Waals surface area contributed by atoms with Gasteiger partial charge in [0.05, 0.1) is 73.0 Å². The Morgan fingerprint density at radius 3 is 0.630 bits per heavy atom. The van der Waals surface area contributed by atoms with Crippen molar-refractivity contribution in [2.24, 2.45) is 0 Å². The lowest BCUT2D eigenvalue weighted by atomic mass is 9.90. The number of fused-ring (bicyclic) bond motifs is 24. The lowest BCUT2D eigenvalue weighted by Gasteiger charge is -2.16. The van der Waals surface area contributed by atoms with Gasteiger partial charge in [-0.25, -0.2) is 15.0 Å². The van der Waals surface area contributed by atoms with Crippen molar-refractivity contribution in [3.8, 4) is 134 Å². The summed E-state index contributed by atoms with van der Waals surface area (Å²) in [7, 11) is 0. The maximum Gasteiger partial charge on any atom is 0.0795 e. The molecule has 12 heterocycles. The molecule has 0 aliphatic heterocycles. The molecule has 27 rings (SSSR count). The molecule has 0 aliphatic carbocycles. The standard InChI is InChI=1S/3C42H26N4/c1-2-11-33-32(10-1)40-39(35-13-9-23-45-42(33)35)34-12-3-4-16-38(34)46-41(40)28-19-17-27(18-20-28)29-24-30(36-14-5-7-21-43-36)26-31(25-29)37-15-6-8-22-44-37;1-2-11-33-32(10-1)39-34-12-3-4-16-38(34)46-41(40(39)35-13-9-23-45-42(33)35)28-19-17-27(18-20-28)29-24-30(36-14-5-7-21-43-36)26-31(25-29)37-15-6-8-22-44-37;1-2-7-35-34(6-1)40-39(37-9-5-19-45-42(35)37)36-8-3-4-10-38(36)46-41(40)30-13-11-27(12-14-30)31-24-32(28-15-20-43-21-16-28)26-33(25-31)29-17-22-44-23-18-29/h3*1-26H. The van der Waals surface area contributed by atoms with Crippen LogP contribution in [0.1, 0.15) is 0 Å². The minimum absolute atomic E-state index is 0.928. The predicted octanol–water partition coefficient (Wildman–Crippen LogP) is 31.6. The normalized spacial score (nSPS) is 11.5. The van der Waals surface area contributed by atoms with Gasteiger partial charge in [-0.05, 0) is 236 Å². The Morgan fingerprint density at radius 2 is 0.333 bits per heavy atom. The van der Waals surface area contributed by atoms with Gasteiger partial charge in [0.15, 0.2) is 0 Å². The van der Waals surface area contributed by atoms with E-state index in [1.54, 1.807) is 0 Å². The fourth-order valence-electron chi connectivity index (χ4n) is 20.1. The van der Waals surface area contributed by atoms with Crippen LogP contribution in [-0.4, -0.2) is 59.8 Å². The molecule has 0 saturated heterocycles. The largest absolute Gasteiger partial charge is 0.265 e. The quantitative estimate of drug-likeness (QED) is 0.107. The molecule has 0 saturated carbocycles. The topological polar surface area (TPSA) is 155 Å². The van der Waals surface area contributed by atoms with Crippen LogP contribution < -0.4 is 0 Å². The molecule has 0 spiro atoms. The van der Waals surface area contributed by atoms with E-state index in [0.29, 0.717) is 0 Å². The first-order valence-electron chi connectivity index (χ1n) is 46.1. The molecule has 12 nitrogen and oxygen atoms in total. The highest BCUT2D eigenvalue weighted by atomic mass is 14.8.